The Balaban J connectivity index is 2.00. The second kappa shape index (κ2) is 3.50. The van der Waals surface area contributed by atoms with Crippen LogP contribution in [0.5, 0.6) is 0 Å². The lowest BCUT2D eigenvalue weighted by Crippen LogP contribution is -2.55. The van der Waals surface area contributed by atoms with Crippen LogP contribution >= 0.6 is 0 Å². The van der Waals surface area contributed by atoms with Crippen LogP contribution in [0, 0.1) is 17.3 Å². The van der Waals surface area contributed by atoms with Crippen molar-refractivity contribution in [2.75, 3.05) is 0 Å². The predicted molar refractivity (Wildman–Crippen MR) is 69.1 cm³/mol. The average molecular weight is 254 g/mol. The van der Waals surface area contributed by atoms with E-state index in [2.05, 4.69) is 13.8 Å². The largest absolute Gasteiger partial charge is 0.390 e. The first-order valence-corrected chi connectivity index (χ1v) is 7.27. The van der Waals surface area contributed by atoms with Crippen molar-refractivity contribution in [2.45, 2.75) is 76.8 Å². The molecule has 0 aromatic rings. The van der Waals surface area contributed by atoms with Crippen LogP contribution in [-0.2, 0) is 4.74 Å². The van der Waals surface area contributed by atoms with E-state index in [1.165, 1.54) is 0 Å². The Kier molecular flexibility index (Phi) is 2.51. The monoisotopic (exact) mass is 254 g/mol. The molecule has 3 aliphatic rings. The maximum atomic E-state index is 10.8. The first kappa shape index (κ1) is 12.9. The second-order valence-electron chi connectivity index (χ2n) is 7.80. The van der Waals surface area contributed by atoms with Gasteiger partial charge in [0.05, 0.1) is 17.8 Å². The summed E-state index contributed by atoms with van der Waals surface area (Å²) in [6.07, 6.45) is 3.56. The van der Waals surface area contributed by atoms with Crippen molar-refractivity contribution in [1.82, 2.24) is 0 Å². The zero-order valence-corrected chi connectivity index (χ0v) is 11.9. The summed E-state index contributed by atoms with van der Waals surface area (Å²) in [6, 6.07) is 0. The third-order valence-electron chi connectivity index (χ3n) is 6.01. The summed E-state index contributed by atoms with van der Waals surface area (Å²) >= 11 is 0. The number of rotatable bonds is 0. The molecule has 0 amide bonds. The lowest BCUT2D eigenvalue weighted by molar-refractivity contribution is -0.112. The van der Waals surface area contributed by atoms with Gasteiger partial charge in [0, 0.05) is 0 Å². The van der Waals surface area contributed by atoms with Crippen LogP contribution in [0.1, 0.15) is 53.4 Å². The van der Waals surface area contributed by atoms with Gasteiger partial charge in [-0.2, -0.15) is 0 Å². The molecule has 0 spiro atoms. The molecule has 0 radical (unpaired) electrons. The summed E-state index contributed by atoms with van der Waals surface area (Å²) < 4.78 is 5.74. The van der Waals surface area contributed by atoms with Gasteiger partial charge in [0.25, 0.3) is 0 Å². The lowest BCUT2D eigenvalue weighted by atomic mass is 9.58. The van der Waals surface area contributed by atoms with Crippen molar-refractivity contribution in [3.05, 3.63) is 0 Å². The van der Waals surface area contributed by atoms with Gasteiger partial charge in [0.1, 0.15) is 5.60 Å². The Morgan fingerprint density at radius 1 is 1.11 bits per heavy atom. The molecule has 2 aliphatic carbocycles. The normalized spacial score (nSPS) is 58.3. The summed E-state index contributed by atoms with van der Waals surface area (Å²) in [7, 11) is 0. The zero-order chi connectivity index (χ0) is 13.3. The highest BCUT2D eigenvalue weighted by molar-refractivity contribution is 5.17. The predicted octanol–water partition coefficient (Wildman–Crippen LogP) is 2.10. The van der Waals surface area contributed by atoms with Crippen molar-refractivity contribution >= 4 is 0 Å². The van der Waals surface area contributed by atoms with Gasteiger partial charge in [-0.05, 0) is 50.4 Å². The Morgan fingerprint density at radius 3 is 2.44 bits per heavy atom. The number of hydrogen-bond donors (Lipinski definition) is 2. The number of aliphatic hydroxyl groups is 2. The van der Waals surface area contributed by atoms with E-state index >= 15 is 0 Å². The highest BCUT2D eigenvalue weighted by Crippen LogP contribution is 2.60. The summed E-state index contributed by atoms with van der Waals surface area (Å²) in [6.45, 7) is 8.45. The molecule has 1 aliphatic heterocycles. The third-order valence-corrected chi connectivity index (χ3v) is 6.01. The highest BCUT2D eigenvalue weighted by atomic mass is 16.6. The maximum Gasteiger partial charge on any atom is 0.118 e. The Hall–Kier alpha value is -0.120. The third kappa shape index (κ3) is 1.60. The minimum absolute atomic E-state index is 0.0739. The smallest absolute Gasteiger partial charge is 0.118 e. The van der Waals surface area contributed by atoms with Gasteiger partial charge < -0.3 is 14.9 Å². The fourth-order valence-electron chi connectivity index (χ4n) is 4.64. The van der Waals surface area contributed by atoms with Crippen molar-refractivity contribution in [3.63, 3.8) is 0 Å². The topological polar surface area (TPSA) is 53.0 Å². The molecule has 104 valence electrons. The maximum absolute atomic E-state index is 10.8. The molecule has 1 heterocycles. The van der Waals surface area contributed by atoms with Crippen LogP contribution in [0.2, 0.25) is 0 Å². The molecule has 0 aromatic heterocycles. The van der Waals surface area contributed by atoms with Gasteiger partial charge in [-0.3, -0.25) is 0 Å². The van der Waals surface area contributed by atoms with Crippen molar-refractivity contribution in [3.8, 4) is 0 Å². The van der Waals surface area contributed by atoms with E-state index in [1.54, 1.807) is 0 Å². The Labute approximate surface area is 110 Å². The van der Waals surface area contributed by atoms with Crippen molar-refractivity contribution in [2.24, 2.45) is 17.3 Å². The van der Waals surface area contributed by atoms with E-state index in [9.17, 15) is 10.2 Å². The van der Waals surface area contributed by atoms with Gasteiger partial charge in [0.2, 0.25) is 0 Å². The van der Waals surface area contributed by atoms with Crippen LogP contribution in [0.4, 0.5) is 0 Å². The Morgan fingerprint density at radius 2 is 1.78 bits per heavy atom. The molecular formula is C15H26O3. The average Bonchev–Trinajstić information content (AvgIpc) is 2.89. The minimum atomic E-state index is -0.660. The van der Waals surface area contributed by atoms with E-state index in [1.807, 2.05) is 13.8 Å². The molecule has 3 fully saturated rings. The van der Waals surface area contributed by atoms with Gasteiger partial charge in [-0.15, -0.1) is 0 Å². The van der Waals surface area contributed by atoms with Gasteiger partial charge in [-0.1, -0.05) is 20.3 Å². The number of aliphatic hydroxyl groups excluding tert-OH is 1. The number of epoxide rings is 1. The molecule has 2 N–H and O–H groups in total. The van der Waals surface area contributed by atoms with Crippen molar-refractivity contribution < 1.29 is 14.9 Å². The lowest BCUT2D eigenvalue weighted by Gasteiger charge is -2.48. The van der Waals surface area contributed by atoms with E-state index in [4.69, 9.17) is 4.74 Å². The summed E-state index contributed by atoms with van der Waals surface area (Å²) in [5, 5.41) is 21.5. The molecule has 0 unspecified atom stereocenters. The van der Waals surface area contributed by atoms with Gasteiger partial charge in [0.15, 0.2) is 0 Å². The molecular weight excluding hydrogens is 228 g/mol. The van der Waals surface area contributed by atoms with Crippen LogP contribution in [0.25, 0.3) is 0 Å². The molecule has 3 heteroatoms. The summed E-state index contributed by atoms with van der Waals surface area (Å²) in [4.78, 5) is 0. The van der Waals surface area contributed by atoms with E-state index < -0.39 is 11.7 Å². The van der Waals surface area contributed by atoms with E-state index in [-0.39, 0.29) is 29.0 Å². The van der Waals surface area contributed by atoms with Gasteiger partial charge in [-0.25, -0.2) is 0 Å². The van der Waals surface area contributed by atoms with E-state index in [0.717, 1.165) is 25.7 Å². The van der Waals surface area contributed by atoms with E-state index in [0.29, 0.717) is 0 Å². The molecule has 0 aromatic carbocycles. The van der Waals surface area contributed by atoms with Crippen LogP contribution in [0.3, 0.4) is 0 Å². The highest BCUT2D eigenvalue weighted by Gasteiger charge is 2.68. The SMILES string of the molecule is CC1(C)CCC[C@@](C)(O)[C@@H]2C[C@H]3O[C@@]3(C)[C@@H](O)[C@@H]21. The number of fused-ring (bicyclic) bond motifs is 2. The van der Waals surface area contributed by atoms with Crippen LogP contribution in [-0.4, -0.2) is 33.6 Å². The van der Waals surface area contributed by atoms with Crippen LogP contribution < -0.4 is 0 Å². The van der Waals surface area contributed by atoms with Crippen LogP contribution in [0.15, 0.2) is 0 Å². The number of ether oxygens (including phenoxy) is 1. The fraction of sp³-hybridized carbons (Fsp3) is 1.00. The molecule has 1 saturated heterocycles. The Bertz CT molecular complexity index is 363. The van der Waals surface area contributed by atoms with Crippen molar-refractivity contribution in [1.29, 1.82) is 0 Å². The molecule has 6 atom stereocenters. The fourth-order valence-corrected chi connectivity index (χ4v) is 4.64. The molecule has 0 bridgehead atoms. The first-order chi connectivity index (χ1) is 8.18. The molecule has 18 heavy (non-hydrogen) atoms. The minimum Gasteiger partial charge on any atom is -0.390 e. The second-order valence-corrected chi connectivity index (χ2v) is 7.80. The summed E-state index contributed by atoms with van der Waals surface area (Å²) in [5.41, 5.74) is -0.934. The quantitative estimate of drug-likeness (QED) is 0.651. The van der Waals surface area contributed by atoms with Gasteiger partial charge >= 0.3 is 0 Å². The summed E-state index contributed by atoms with van der Waals surface area (Å²) in [5.74, 6) is 0.296. The number of hydrogen-bond acceptors (Lipinski definition) is 3. The molecule has 3 rings (SSSR count). The zero-order valence-electron chi connectivity index (χ0n) is 11.9. The molecule has 3 nitrogen and oxygen atoms in total. The molecule has 2 saturated carbocycles. The standard InChI is InChI=1S/C15H26O3/c1-13(2)6-5-7-14(3,17)9-8-10-15(4,18-10)12(16)11(9)13/h9-12,16-17H,5-8H2,1-4H3/t9-,10-,11-,12+,14-,15-/m1/s1. The first-order valence-electron chi connectivity index (χ1n) is 7.27.